The Morgan fingerprint density at radius 2 is 1.86 bits per heavy atom. The molecule has 78 valence electrons. The molecule has 0 radical (unpaired) electrons. The van der Waals surface area contributed by atoms with Gasteiger partial charge in [-0.2, -0.15) is 0 Å². The van der Waals surface area contributed by atoms with Crippen LogP contribution in [0.4, 0.5) is 0 Å². The summed E-state index contributed by atoms with van der Waals surface area (Å²) in [6, 6.07) is 8.24. The van der Waals surface area contributed by atoms with Crippen LogP contribution < -0.4 is 4.74 Å². The van der Waals surface area contributed by atoms with Gasteiger partial charge < -0.3 is 4.74 Å². The Kier molecular flexibility index (Phi) is 4.81. The third kappa shape index (κ3) is 4.01. The highest BCUT2D eigenvalue weighted by molar-refractivity contribution is 6.17. The standard InChI is InChI=1S/C12H17ClO/c1-10(2)14-12-7-5-11(6-8-12)4-3-9-13/h5-8,10H,3-4,9H2,1-2H3. The largest absolute Gasteiger partial charge is 0.491 e. The van der Waals surface area contributed by atoms with Crippen molar-refractivity contribution < 1.29 is 4.74 Å². The van der Waals surface area contributed by atoms with Gasteiger partial charge in [-0.3, -0.25) is 0 Å². The molecule has 0 fully saturated rings. The number of benzene rings is 1. The number of ether oxygens (including phenoxy) is 1. The third-order valence-electron chi connectivity index (χ3n) is 1.89. The zero-order valence-electron chi connectivity index (χ0n) is 8.79. The molecule has 0 unspecified atom stereocenters. The summed E-state index contributed by atoms with van der Waals surface area (Å²) < 4.78 is 5.55. The zero-order chi connectivity index (χ0) is 10.4. The second-order valence-corrected chi connectivity index (χ2v) is 3.98. The van der Waals surface area contributed by atoms with Gasteiger partial charge in [0.2, 0.25) is 0 Å². The maximum atomic E-state index is 5.63. The van der Waals surface area contributed by atoms with Crippen LogP contribution in [-0.2, 0) is 6.42 Å². The molecule has 0 aliphatic carbocycles. The summed E-state index contributed by atoms with van der Waals surface area (Å²) in [5.41, 5.74) is 1.32. The molecule has 14 heavy (non-hydrogen) atoms. The molecule has 0 aromatic heterocycles. The van der Waals surface area contributed by atoms with Crippen LogP contribution in [0.15, 0.2) is 24.3 Å². The average Bonchev–Trinajstić information content (AvgIpc) is 2.16. The fraction of sp³-hybridized carbons (Fsp3) is 0.500. The average molecular weight is 213 g/mol. The predicted molar refractivity (Wildman–Crippen MR) is 61.2 cm³/mol. The van der Waals surface area contributed by atoms with Gasteiger partial charge in [0, 0.05) is 5.88 Å². The molecule has 0 N–H and O–H groups in total. The highest BCUT2D eigenvalue weighted by Gasteiger charge is 1.97. The maximum Gasteiger partial charge on any atom is 0.119 e. The van der Waals surface area contributed by atoms with Gasteiger partial charge in [-0.05, 0) is 44.4 Å². The zero-order valence-corrected chi connectivity index (χ0v) is 9.55. The lowest BCUT2D eigenvalue weighted by Crippen LogP contribution is -2.05. The molecular formula is C12H17ClO. The molecule has 0 heterocycles. The van der Waals surface area contributed by atoms with E-state index in [1.165, 1.54) is 5.56 Å². The second kappa shape index (κ2) is 5.92. The molecule has 0 saturated carbocycles. The molecule has 1 aromatic carbocycles. The van der Waals surface area contributed by atoms with Gasteiger partial charge in [0.15, 0.2) is 0 Å². The summed E-state index contributed by atoms with van der Waals surface area (Å²) in [6.45, 7) is 4.06. The minimum absolute atomic E-state index is 0.240. The van der Waals surface area contributed by atoms with Crippen LogP contribution in [0.3, 0.4) is 0 Å². The first-order chi connectivity index (χ1) is 6.72. The van der Waals surface area contributed by atoms with Crippen molar-refractivity contribution in [2.75, 3.05) is 5.88 Å². The molecule has 0 bridgehead atoms. The van der Waals surface area contributed by atoms with E-state index in [9.17, 15) is 0 Å². The Morgan fingerprint density at radius 1 is 1.21 bits per heavy atom. The van der Waals surface area contributed by atoms with Crippen molar-refractivity contribution >= 4 is 11.6 Å². The quantitative estimate of drug-likeness (QED) is 0.678. The van der Waals surface area contributed by atoms with Crippen LogP contribution in [0.5, 0.6) is 5.75 Å². The van der Waals surface area contributed by atoms with Crippen molar-refractivity contribution in [2.24, 2.45) is 0 Å². The molecule has 0 spiro atoms. The third-order valence-corrected chi connectivity index (χ3v) is 2.16. The molecule has 0 amide bonds. The molecule has 0 atom stereocenters. The van der Waals surface area contributed by atoms with Gasteiger partial charge in [0.05, 0.1) is 6.10 Å². The number of aryl methyl sites for hydroxylation is 1. The van der Waals surface area contributed by atoms with Crippen LogP contribution in [0.1, 0.15) is 25.8 Å². The van der Waals surface area contributed by atoms with E-state index >= 15 is 0 Å². The van der Waals surface area contributed by atoms with Crippen molar-refractivity contribution in [1.82, 2.24) is 0 Å². The Balaban J connectivity index is 2.50. The number of alkyl halides is 1. The number of halogens is 1. The van der Waals surface area contributed by atoms with Crippen molar-refractivity contribution in [2.45, 2.75) is 32.8 Å². The van der Waals surface area contributed by atoms with E-state index in [2.05, 4.69) is 12.1 Å². The van der Waals surface area contributed by atoms with Crippen LogP contribution >= 0.6 is 11.6 Å². The molecule has 0 aliphatic rings. The number of rotatable bonds is 5. The van der Waals surface area contributed by atoms with E-state index in [4.69, 9.17) is 16.3 Å². The Hall–Kier alpha value is -0.690. The molecule has 2 heteroatoms. The summed E-state index contributed by atoms with van der Waals surface area (Å²) in [4.78, 5) is 0. The van der Waals surface area contributed by atoms with Gasteiger partial charge in [0.1, 0.15) is 5.75 Å². The normalized spacial score (nSPS) is 10.6. The first kappa shape index (κ1) is 11.4. The monoisotopic (exact) mass is 212 g/mol. The Morgan fingerprint density at radius 3 is 2.36 bits per heavy atom. The molecule has 1 aromatic rings. The van der Waals surface area contributed by atoms with Gasteiger partial charge in [0.25, 0.3) is 0 Å². The maximum absolute atomic E-state index is 5.63. The molecule has 0 saturated heterocycles. The topological polar surface area (TPSA) is 9.23 Å². The summed E-state index contributed by atoms with van der Waals surface area (Å²) >= 11 is 5.63. The van der Waals surface area contributed by atoms with Crippen LogP contribution in [0.25, 0.3) is 0 Å². The van der Waals surface area contributed by atoms with Crippen LogP contribution in [-0.4, -0.2) is 12.0 Å². The first-order valence-corrected chi connectivity index (χ1v) is 5.57. The summed E-state index contributed by atoms with van der Waals surface area (Å²) in [5.74, 6) is 1.67. The summed E-state index contributed by atoms with van der Waals surface area (Å²) in [7, 11) is 0. The minimum atomic E-state index is 0.240. The van der Waals surface area contributed by atoms with Gasteiger partial charge >= 0.3 is 0 Å². The fourth-order valence-corrected chi connectivity index (χ4v) is 1.41. The lowest BCUT2D eigenvalue weighted by molar-refractivity contribution is 0.242. The fourth-order valence-electron chi connectivity index (χ4n) is 1.28. The Bertz CT molecular complexity index is 254. The van der Waals surface area contributed by atoms with Crippen LogP contribution in [0.2, 0.25) is 0 Å². The molecule has 1 nitrogen and oxygen atoms in total. The lowest BCUT2D eigenvalue weighted by Gasteiger charge is -2.09. The van der Waals surface area contributed by atoms with Crippen molar-refractivity contribution in [3.63, 3.8) is 0 Å². The van der Waals surface area contributed by atoms with Crippen LogP contribution in [0, 0.1) is 0 Å². The number of hydrogen-bond acceptors (Lipinski definition) is 1. The van der Waals surface area contributed by atoms with Crippen molar-refractivity contribution in [1.29, 1.82) is 0 Å². The Labute approximate surface area is 91.0 Å². The minimum Gasteiger partial charge on any atom is -0.491 e. The van der Waals surface area contributed by atoms with E-state index in [0.29, 0.717) is 0 Å². The molecule has 1 rings (SSSR count). The van der Waals surface area contributed by atoms with Gasteiger partial charge in [-0.15, -0.1) is 11.6 Å². The van der Waals surface area contributed by atoms with Crippen molar-refractivity contribution in [3.8, 4) is 5.75 Å². The van der Waals surface area contributed by atoms with E-state index in [1.807, 2.05) is 26.0 Å². The van der Waals surface area contributed by atoms with E-state index in [1.54, 1.807) is 0 Å². The summed E-state index contributed by atoms with van der Waals surface area (Å²) in [6.07, 6.45) is 2.32. The number of hydrogen-bond donors (Lipinski definition) is 0. The van der Waals surface area contributed by atoms with Gasteiger partial charge in [-0.25, -0.2) is 0 Å². The first-order valence-electron chi connectivity index (χ1n) is 5.04. The van der Waals surface area contributed by atoms with E-state index in [-0.39, 0.29) is 6.10 Å². The van der Waals surface area contributed by atoms with E-state index < -0.39 is 0 Å². The van der Waals surface area contributed by atoms with Crippen molar-refractivity contribution in [3.05, 3.63) is 29.8 Å². The van der Waals surface area contributed by atoms with E-state index in [0.717, 1.165) is 24.5 Å². The highest BCUT2D eigenvalue weighted by Crippen LogP contribution is 2.14. The predicted octanol–water partition coefficient (Wildman–Crippen LogP) is 3.65. The lowest BCUT2D eigenvalue weighted by atomic mass is 10.1. The molecular weight excluding hydrogens is 196 g/mol. The molecule has 0 aliphatic heterocycles. The second-order valence-electron chi connectivity index (χ2n) is 3.60. The SMILES string of the molecule is CC(C)Oc1ccc(CCCCl)cc1. The summed E-state index contributed by atoms with van der Waals surface area (Å²) in [5, 5.41) is 0. The van der Waals surface area contributed by atoms with Gasteiger partial charge in [-0.1, -0.05) is 12.1 Å². The smallest absolute Gasteiger partial charge is 0.119 e. The highest BCUT2D eigenvalue weighted by atomic mass is 35.5.